The van der Waals surface area contributed by atoms with Gasteiger partial charge in [0, 0.05) is 29.3 Å². The van der Waals surface area contributed by atoms with Gasteiger partial charge in [-0.3, -0.25) is 14.8 Å². The zero-order valence-corrected chi connectivity index (χ0v) is 17.8. The Kier molecular flexibility index (Phi) is 5.35. The Balaban J connectivity index is 1.44. The Labute approximate surface area is 188 Å². The van der Waals surface area contributed by atoms with E-state index in [0.717, 1.165) is 12.1 Å². The number of rotatable bonds is 6. The summed E-state index contributed by atoms with van der Waals surface area (Å²) < 4.78 is 17.2. The molecule has 0 saturated heterocycles. The van der Waals surface area contributed by atoms with Crippen LogP contribution in [0.1, 0.15) is 22.8 Å². The molecule has 0 spiro atoms. The molecule has 0 aliphatic carbocycles. The summed E-state index contributed by atoms with van der Waals surface area (Å²) in [6.07, 6.45) is 5.08. The molecule has 33 heavy (non-hydrogen) atoms. The number of carbonyl (C=O) groups excluding carboxylic acids is 1. The molecule has 1 N–H and O–H groups in total. The van der Waals surface area contributed by atoms with Gasteiger partial charge in [0.15, 0.2) is 0 Å². The van der Waals surface area contributed by atoms with E-state index in [2.05, 4.69) is 20.5 Å². The highest BCUT2D eigenvalue weighted by Crippen LogP contribution is 2.25. The Morgan fingerprint density at radius 2 is 1.91 bits per heavy atom. The van der Waals surface area contributed by atoms with E-state index in [-0.39, 0.29) is 24.2 Å². The number of aromatic nitrogens is 6. The Hall–Kier alpha value is -4.40. The van der Waals surface area contributed by atoms with E-state index in [4.69, 9.17) is 4.98 Å². The third-order valence-electron chi connectivity index (χ3n) is 5.27. The van der Waals surface area contributed by atoms with Crippen molar-refractivity contribution in [3.8, 4) is 11.3 Å². The Morgan fingerprint density at radius 1 is 1.09 bits per heavy atom. The third-order valence-corrected chi connectivity index (χ3v) is 5.27. The molecule has 2 aromatic carbocycles. The number of carbonyl (C=O) groups is 1. The lowest BCUT2D eigenvalue weighted by Crippen LogP contribution is -2.14. The number of nitrogens with one attached hydrogen (secondary N) is 1. The lowest BCUT2D eigenvalue weighted by molar-refractivity contribution is 0.102. The SMILES string of the molecule is CCn1cc(-c2cc(C(=O)Nc3ncn(Cc4ccccc4F)n3)c3ccccc3n2)cn1. The molecule has 3 heterocycles. The first-order valence-corrected chi connectivity index (χ1v) is 10.5. The number of hydrogen-bond donors (Lipinski definition) is 1. The van der Waals surface area contributed by atoms with Gasteiger partial charge in [-0.05, 0) is 25.1 Å². The van der Waals surface area contributed by atoms with Gasteiger partial charge >= 0.3 is 0 Å². The number of pyridine rings is 1. The van der Waals surface area contributed by atoms with E-state index in [9.17, 15) is 9.18 Å². The number of para-hydroxylation sites is 1. The van der Waals surface area contributed by atoms with Crippen LogP contribution in [0.2, 0.25) is 0 Å². The van der Waals surface area contributed by atoms with Gasteiger partial charge in [-0.15, -0.1) is 5.10 Å². The van der Waals surface area contributed by atoms with E-state index < -0.39 is 0 Å². The van der Waals surface area contributed by atoms with Gasteiger partial charge in [0.25, 0.3) is 5.91 Å². The van der Waals surface area contributed by atoms with Crippen LogP contribution in [0, 0.1) is 5.82 Å². The zero-order chi connectivity index (χ0) is 22.8. The average molecular weight is 441 g/mol. The second-order valence-corrected chi connectivity index (χ2v) is 7.47. The van der Waals surface area contributed by atoms with Gasteiger partial charge in [0.1, 0.15) is 12.1 Å². The molecule has 164 valence electrons. The number of amides is 1. The molecule has 0 atom stereocenters. The number of benzene rings is 2. The first kappa shape index (κ1) is 20.5. The predicted octanol–water partition coefficient (Wildman–Crippen LogP) is 4.15. The summed E-state index contributed by atoms with van der Waals surface area (Å²) in [5.41, 5.74) is 3.10. The monoisotopic (exact) mass is 441 g/mol. The number of halogens is 1. The molecule has 3 aromatic heterocycles. The van der Waals surface area contributed by atoms with Crippen molar-refractivity contribution < 1.29 is 9.18 Å². The molecule has 1 amide bonds. The molecular weight excluding hydrogens is 421 g/mol. The lowest BCUT2D eigenvalue weighted by atomic mass is 10.1. The molecule has 5 aromatic rings. The van der Waals surface area contributed by atoms with Crippen molar-refractivity contribution in [3.63, 3.8) is 0 Å². The summed E-state index contributed by atoms with van der Waals surface area (Å²) >= 11 is 0. The second kappa shape index (κ2) is 8.62. The minimum atomic E-state index is -0.360. The van der Waals surface area contributed by atoms with Gasteiger partial charge in [-0.1, -0.05) is 36.4 Å². The molecule has 0 aliphatic heterocycles. The van der Waals surface area contributed by atoms with Crippen molar-refractivity contribution in [3.05, 3.63) is 90.3 Å². The van der Waals surface area contributed by atoms with Crippen LogP contribution < -0.4 is 5.32 Å². The molecule has 5 rings (SSSR count). The first-order valence-electron chi connectivity index (χ1n) is 10.5. The van der Waals surface area contributed by atoms with E-state index in [1.807, 2.05) is 37.4 Å². The molecule has 0 fully saturated rings. The van der Waals surface area contributed by atoms with Crippen molar-refractivity contribution in [1.29, 1.82) is 0 Å². The smallest absolute Gasteiger partial charge is 0.258 e. The summed E-state index contributed by atoms with van der Waals surface area (Å²) in [6.45, 7) is 2.95. The van der Waals surface area contributed by atoms with Crippen molar-refractivity contribution in [2.24, 2.45) is 0 Å². The average Bonchev–Trinajstić information content (AvgIpc) is 3.49. The van der Waals surface area contributed by atoms with Crippen molar-refractivity contribution in [2.45, 2.75) is 20.0 Å². The van der Waals surface area contributed by atoms with Crippen LogP contribution >= 0.6 is 0 Å². The number of aryl methyl sites for hydroxylation is 1. The van der Waals surface area contributed by atoms with E-state index >= 15 is 0 Å². The van der Waals surface area contributed by atoms with Gasteiger partial charge in [0.05, 0.1) is 29.5 Å². The quantitative estimate of drug-likeness (QED) is 0.428. The highest BCUT2D eigenvalue weighted by Gasteiger charge is 2.16. The molecule has 0 saturated carbocycles. The van der Waals surface area contributed by atoms with Gasteiger partial charge < -0.3 is 0 Å². The minimum absolute atomic E-state index is 0.137. The van der Waals surface area contributed by atoms with Crippen LogP contribution in [0.4, 0.5) is 10.3 Å². The van der Waals surface area contributed by atoms with E-state index in [0.29, 0.717) is 27.7 Å². The lowest BCUT2D eigenvalue weighted by Gasteiger charge is -2.08. The van der Waals surface area contributed by atoms with Crippen LogP contribution in [-0.2, 0) is 13.1 Å². The largest absolute Gasteiger partial charge is 0.289 e. The van der Waals surface area contributed by atoms with E-state index in [1.165, 1.54) is 17.1 Å². The Bertz CT molecular complexity index is 1460. The fraction of sp³-hybridized carbons (Fsp3) is 0.125. The first-order chi connectivity index (χ1) is 16.1. The summed E-state index contributed by atoms with van der Waals surface area (Å²) in [5.74, 6) is -0.542. The van der Waals surface area contributed by atoms with Crippen molar-refractivity contribution in [2.75, 3.05) is 5.32 Å². The summed E-state index contributed by atoms with van der Waals surface area (Å²) in [4.78, 5) is 22.0. The molecule has 0 unspecified atom stereocenters. The maximum Gasteiger partial charge on any atom is 0.258 e. The Morgan fingerprint density at radius 3 is 2.73 bits per heavy atom. The molecule has 0 radical (unpaired) electrons. The maximum atomic E-state index is 13.9. The normalized spacial score (nSPS) is 11.1. The standard InChI is InChI=1S/C24H20FN7O/c1-2-31-14-17(12-27-31)22-11-19(18-8-4-6-10-21(18)28-22)23(33)29-24-26-15-32(30-24)13-16-7-3-5-9-20(16)25/h3-12,14-15H,2,13H2,1H3,(H,29,30,33). The van der Waals surface area contributed by atoms with E-state index in [1.54, 1.807) is 35.1 Å². The number of nitrogens with zero attached hydrogens (tertiary/aromatic N) is 6. The highest BCUT2D eigenvalue weighted by atomic mass is 19.1. The van der Waals surface area contributed by atoms with Crippen molar-refractivity contribution in [1.82, 2.24) is 29.5 Å². The van der Waals surface area contributed by atoms with Crippen LogP contribution in [0.25, 0.3) is 22.2 Å². The fourth-order valence-electron chi connectivity index (χ4n) is 3.58. The number of anilines is 1. The molecule has 8 nitrogen and oxygen atoms in total. The summed E-state index contributed by atoms with van der Waals surface area (Å²) in [7, 11) is 0. The van der Waals surface area contributed by atoms with Crippen molar-refractivity contribution >= 4 is 22.8 Å². The maximum absolute atomic E-state index is 13.9. The molecular formula is C24H20FN7O. The molecule has 9 heteroatoms. The minimum Gasteiger partial charge on any atom is -0.289 e. The predicted molar refractivity (Wildman–Crippen MR) is 122 cm³/mol. The summed E-state index contributed by atoms with van der Waals surface area (Å²) in [6, 6.07) is 15.7. The third kappa shape index (κ3) is 4.20. The highest BCUT2D eigenvalue weighted by molar-refractivity contribution is 6.12. The van der Waals surface area contributed by atoms with Gasteiger partial charge in [0.2, 0.25) is 5.95 Å². The van der Waals surface area contributed by atoms with Gasteiger partial charge in [-0.2, -0.15) is 5.10 Å². The topological polar surface area (TPSA) is 90.5 Å². The van der Waals surface area contributed by atoms with Crippen LogP contribution in [-0.4, -0.2) is 35.4 Å². The fourth-order valence-corrected chi connectivity index (χ4v) is 3.58. The van der Waals surface area contributed by atoms with Crippen LogP contribution in [0.5, 0.6) is 0 Å². The van der Waals surface area contributed by atoms with Crippen LogP contribution in [0.3, 0.4) is 0 Å². The van der Waals surface area contributed by atoms with Crippen LogP contribution in [0.15, 0.2) is 73.3 Å². The zero-order valence-electron chi connectivity index (χ0n) is 17.8. The summed E-state index contributed by atoms with van der Waals surface area (Å²) in [5, 5.41) is 12.0. The second-order valence-electron chi connectivity index (χ2n) is 7.47. The van der Waals surface area contributed by atoms with Gasteiger partial charge in [-0.25, -0.2) is 19.0 Å². The number of fused-ring (bicyclic) bond motifs is 1. The number of hydrogen-bond acceptors (Lipinski definition) is 5. The molecule has 0 bridgehead atoms. The molecule has 0 aliphatic rings.